The van der Waals surface area contributed by atoms with Gasteiger partial charge >= 0.3 is 6.36 Å². The second-order valence-electron chi connectivity index (χ2n) is 4.87. The average Bonchev–Trinajstić information content (AvgIpc) is 2.36. The quantitative estimate of drug-likeness (QED) is 0.840. The SMILES string of the molecule is CC(C)NC(=O)CNC(=O)Cc1ccc(OC(F)(F)F)cc1. The van der Waals surface area contributed by atoms with Crippen LogP contribution in [0.1, 0.15) is 19.4 Å². The van der Waals surface area contributed by atoms with Crippen LogP contribution < -0.4 is 15.4 Å². The minimum Gasteiger partial charge on any atom is -0.406 e. The van der Waals surface area contributed by atoms with Gasteiger partial charge in [0.05, 0.1) is 13.0 Å². The van der Waals surface area contributed by atoms with Crippen molar-refractivity contribution in [3.05, 3.63) is 29.8 Å². The monoisotopic (exact) mass is 318 g/mol. The number of nitrogens with one attached hydrogen (secondary N) is 2. The van der Waals surface area contributed by atoms with Crippen molar-refractivity contribution in [2.75, 3.05) is 6.54 Å². The van der Waals surface area contributed by atoms with Crippen molar-refractivity contribution >= 4 is 11.8 Å². The molecule has 8 heteroatoms. The lowest BCUT2D eigenvalue weighted by Gasteiger charge is -2.10. The topological polar surface area (TPSA) is 67.4 Å². The number of ether oxygens (including phenoxy) is 1. The van der Waals surface area contributed by atoms with Gasteiger partial charge in [0.1, 0.15) is 5.75 Å². The first-order chi connectivity index (χ1) is 10.2. The lowest BCUT2D eigenvalue weighted by Crippen LogP contribution is -2.40. The number of hydrogen-bond donors (Lipinski definition) is 2. The number of alkyl halides is 3. The number of carbonyl (C=O) groups excluding carboxylic acids is 2. The normalized spacial score (nSPS) is 11.2. The maximum Gasteiger partial charge on any atom is 0.573 e. The maximum atomic E-state index is 12.0. The molecule has 0 spiro atoms. The Kier molecular flexibility index (Phi) is 6.21. The molecule has 0 atom stereocenters. The fourth-order valence-electron chi connectivity index (χ4n) is 1.61. The molecule has 22 heavy (non-hydrogen) atoms. The first-order valence-electron chi connectivity index (χ1n) is 6.56. The van der Waals surface area contributed by atoms with Gasteiger partial charge in [0.2, 0.25) is 11.8 Å². The summed E-state index contributed by atoms with van der Waals surface area (Å²) in [6, 6.07) is 4.94. The van der Waals surface area contributed by atoms with Crippen molar-refractivity contribution in [2.45, 2.75) is 32.7 Å². The molecule has 1 aromatic rings. The molecule has 0 saturated heterocycles. The van der Waals surface area contributed by atoms with E-state index in [0.29, 0.717) is 5.56 Å². The molecular formula is C14H17F3N2O3. The summed E-state index contributed by atoms with van der Waals surface area (Å²) in [7, 11) is 0. The lowest BCUT2D eigenvalue weighted by molar-refractivity contribution is -0.274. The van der Waals surface area contributed by atoms with Crippen molar-refractivity contribution in [3.63, 3.8) is 0 Å². The van der Waals surface area contributed by atoms with Crippen LogP contribution in [-0.2, 0) is 16.0 Å². The summed E-state index contributed by atoms with van der Waals surface area (Å²) in [5.74, 6) is -1.06. The molecule has 5 nitrogen and oxygen atoms in total. The van der Waals surface area contributed by atoms with E-state index in [9.17, 15) is 22.8 Å². The van der Waals surface area contributed by atoms with Gasteiger partial charge in [0.15, 0.2) is 0 Å². The molecule has 2 amide bonds. The molecule has 0 aliphatic heterocycles. The van der Waals surface area contributed by atoms with Gasteiger partial charge in [-0.25, -0.2) is 0 Å². The van der Waals surface area contributed by atoms with Crippen LogP contribution in [0.25, 0.3) is 0 Å². The number of hydrogen-bond acceptors (Lipinski definition) is 3. The van der Waals surface area contributed by atoms with Crippen LogP contribution in [0.2, 0.25) is 0 Å². The molecule has 2 N–H and O–H groups in total. The zero-order valence-corrected chi connectivity index (χ0v) is 12.2. The molecule has 0 heterocycles. The largest absolute Gasteiger partial charge is 0.573 e. The molecule has 122 valence electrons. The molecule has 0 bridgehead atoms. The first kappa shape index (κ1) is 17.8. The summed E-state index contributed by atoms with van der Waals surface area (Å²) >= 11 is 0. The standard InChI is InChI=1S/C14H17F3N2O3/c1-9(2)19-13(21)8-18-12(20)7-10-3-5-11(6-4-10)22-14(15,16)17/h3-6,9H,7-8H2,1-2H3,(H,18,20)(H,19,21). The summed E-state index contributed by atoms with van der Waals surface area (Å²) in [5, 5.41) is 5.04. The van der Waals surface area contributed by atoms with Gasteiger partial charge in [-0.15, -0.1) is 13.2 Å². The van der Waals surface area contributed by atoms with Crippen LogP contribution in [0.5, 0.6) is 5.75 Å². The van der Waals surface area contributed by atoms with E-state index in [0.717, 1.165) is 12.1 Å². The Morgan fingerprint density at radius 2 is 1.73 bits per heavy atom. The van der Waals surface area contributed by atoms with Crippen molar-refractivity contribution in [3.8, 4) is 5.75 Å². The third kappa shape index (κ3) is 7.51. The first-order valence-corrected chi connectivity index (χ1v) is 6.56. The fraction of sp³-hybridized carbons (Fsp3) is 0.429. The molecule has 0 aliphatic carbocycles. The Morgan fingerprint density at radius 3 is 2.23 bits per heavy atom. The summed E-state index contributed by atoms with van der Waals surface area (Å²) in [6.45, 7) is 3.45. The molecule has 0 aromatic heterocycles. The van der Waals surface area contributed by atoms with Crippen molar-refractivity contribution in [1.29, 1.82) is 0 Å². The number of halogens is 3. The minimum atomic E-state index is -4.75. The minimum absolute atomic E-state index is 0.0226. The molecule has 1 rings (SSSR count). The Bertz CT molecular complexity index is 513. The van der Waals surface area contributed by atoms with Gasteiger partial charge in [-0.1, -0.05) is 12.1 Å². The number of rotatable bonds is 6. The van der Waals surface area contributed by atoms with Gasteiger partial charge in [-0.2, -0.15) is 0 Å². The highest BCUT2D eigenvalue weighted by atomic mass is 19.4. The molecule has 0 radical (unpaired) electrons. The Balaban J connectivity index is 2.43. The number of carbonyl (C=O) groups is 2. The van der Waals surface area contributed by atoms with E-state index in [1.54, 1.807) is 13.8 Å². The van der Waals surface area contributed by atoms with Crippen LogP contribution in [0.3, 0.4) is 0 Å². The second kappa shape index (κ2) is 7.67. The Labute approximate surface area is 125 Å². The predicted octanol–water partition coefficient (Wildman–Crippen LogP) is 1.77. The zero-order valence-electron chi connectivity index (χ0n) is 12.2. The zero-order chi connectivity index (χ0) is 16.8. The Morgan fingerprint density at radius 1 is 1.14 bits per heavy atom. The molecule has 0 fully saturated rings. The van der Waals surface area contributed by atoms with Gasteiger partial charge in [0.25, 0.3) is 0 Å². The molecule has 0 aliphatic rings. The van der Waals surface area contributed by atoms with Gasteiger partial charge < -0.3 is 15.4 Å². The van der Waals surface area contributed by atoms with Crippen LogP contribution in [0.15, 0.2) is 24.3 Å². The molecular weight excluding hydrogens is 301 g/mol. The van der Waals surface area contributed by atoms with E-state index < -0.39 is 12.3 Å². The molecule has 1 aromatic carbocycles. The summed E-state index contributed by atoms with van der Waals surface area (Å²) in [6.07, 6.45) is -4.79. The maximum absolute atomic E-state index is 12.0. The van der Waals surface area contributed by atoms with Crippen molar-refractivity contribution < 1.29 is 27.5 Å². The third-order valence-electron chi connectivity index (χ3n) is 2.42. The highest BCUT2D eigenvalue weighted by Gasteiger charge is 2.30. The highest BCUT2D eigenvalue weighted by molar-refractivity contribution is 5.85. The predicted molar refractivity (Wildman–Crippen MR) is 73.1 cm³/mol. The van der Waals surface area contributed by atoms with Crippen molar-refractivity contribution in [2.24, 2.45) is 0 Å². The van der Waals surface area contributed by atoms with Gasteiger partial charge in [-0.05, 0) is 31.5 Å². The lowest BCUT2D eigenvalue weighted by atomic mass is 10.1. The highest BCUT2D eigenvalue weighted by Crippen LogP contribution is 2.22. The third-order valence-corrected chi connectivity index (χ3v) is 2.42. The van der Waals surface area contributed by atoms with Crippen LogP contribution >= 0.6 is 0 Å². The summed E-state index contributed by atoms with van der Waals surface area (Å²) in [5.41, 5.74) is 0.510. The Hall–Kier alpha value is -2.25. The average molecular weight is 318 g/mol. The van der Waals surface area contributed by atoms with Crippen LogP contribution in [-0.4, -0.2) is 30.8 Å². The number of amides is 2. The van der Waals surface area contributed by atoms with Crippen LogP contribution in [0, 0.1) is 0 Å². The van der Waals surface area contributed by atoms with E-state index in [2.05, 4.69) is 15.4 Å². The van der Waals surface area contributed by atoms with Gasteiger partial charge in [0, 0.05) is 6.04 Å². The molecule has 0 unspecified atom stereocenters. The summed E-state index contributed by atoms with van der Waals surface area (Å²) in [4.78, 5) is 23.0. The van der Waals surface area contributed by atoms with E-state index in [4.69, 9.17) is 0 Å². The van der Waals surface area contributed by atoms with Gasteiger partial charge in [-0.3, -0.25) is 9.59 Å². The van der Waals surface area contributed by atoms with E-state index in [1.807, 2.05) is 0 Å². The summed E-state index contributed by atoms with van der Waals surface area (Å²) < 4.78 is 39.7. The molecule has 0 saturated carbocycles. The fourth-order valence-corrected chi connectivity index (χ4v) is 1.61. The van der Waals surface area contributed by atoms with E-state index in [1.165, 1.54) is 12.1 Å². The van der Waals surface area contributed by atoms with Crippen molar-refractivity contribution in [1.82, 2.24) is 10.6 Å². The van der Waals surface area contributed by atoms with E-state index in [-0.39, 0.29) is 30.7 Å². The van der Waals surface area contributed by atoms with Crippen LogP contribution in [0.4, 0.5) is 13.2 Å². The number of benzene rings is 1. The smallest absolute Gasteiger partial charge is 0.406 e. The second-order valence-corrected chi connectivity index (χ2v) is 4.87. The van der Waals surface area contributed by atoms with E-state index >= 15 is 0 Å².